The molecule has 2 aromatic heterocycles. The molecule has 0 radical (unpaired) electrons. The fourth-order valence-corrected chi connectivity index (χ4v) is 2.68. The van der Waals surface area contributed by atoms with E-state index in [0.29, 0.717) is 23.0 Å². The first kappa shape index (κ1) is 18.4. The predicted molar refractivity (Wildman–Crippen MR) is 101 cm³/mol. The molecule has 2 heterocycles. The van der Waals surface area contributed by atoms with Crippen LogP contribution in [0.15, 0.2) is 48.3 Å². The van der Waals surface area contributed by atoms with E-state index in [0.717, 1.165) is 23.9 Å². The Morgan fingerprint density at radius 2 is 2.23 bits per heavy atom. The van der Waals surface area contributed by atoms with Crippen molar-refractivity contribution in [3.8, 4) is 5.88 Å². The first-order valence-corrected chi connectivity index (χ1v) is 8.62. The van der Waals surface area contributed by atoms with Crippen molar-refractivity contribution >= 4 is 22.5 Å². The SMILES string of the molecule is C=C(Cl)COc1nc2cc(F)ccc2cc1CNCCc1cnn(C)c1. The topological polar surface area (TPSA) is 52.0 Å². The zero-order valence-corrected chi connectivity index (χ0v) is 15.3. The molecule has 0 spiro atoms. The van der Waals surface area contributed by atoms with Gasteiger partial charge >= 0.3 is 0 Å². The van der Waals surface area contributed by atoms with Gasteiger partial charge in [0.15, 0.2) is 0 Å². The number of aryl methyl sites for hydroxylation is 1. The van der Waals surface area contributed by atoms with Gasteiger partial charge in [0.2, 0.25) is 5.88 Å². The van der Waals surface area contributed by atoms with Crippen molar-refractivity contribution in [1.82, 2.24) is 20.1 Å². The summed E-state index contributed by atoms with van der Waals surface area (Å²) >= 11 is 5.79. The van der Waals surface area contributed by atoms with E-state index in [4.69, 9.17) is 16.3 Å². The third-order valence-corrected chi connectivity index (χ3v) is 3.96. The monoisotopic (exact) mass is 374 g/mol. The predicted octanol–water partition coefficient (Wildman–Crippen LogP) is 3.57. The highest BCUT2D eigenvalue weighted by Crippen LogP contribution is 2.23. The van der Waals surface area contributed by atoms with E-state index in [1.807, 2.05) is 25.5 Å². The minimum Gasteiger partial charge on any atom is -0.472 e. The Kier molecular flexibility index (Phi) is 5.85. The fourth-order valence-electron chi connectivity index (χ4n) is 2.62. The molecule has 0 aliphatic carbocycles. The zero-order chi connectivity index (χ0) is 18.5. The number of nitrogens with zero attached hydrogens (tertiary/aromatic N) is 3. The van der Waals surface area contributed by atoms with Gasteiger partial charge in [0.05, 0.1) is 11.7 Å². The van der Waals surface area contributed by atoms with Gasteiger partial charge in [-0.05, 0) is 36.7 Å². The van der Waals surface area contributed by atoms with Crippen LogP contribution in [0.1, 0.15) is 11.1 Å². The van der Waals surface area contributed by atoms with Crippen LogP contribution in [0.3, 0.4) is 0 Å². The average Bonchev–Trinajstić information content (AvgIpc) is 3.02. The summed E-state index contributed by atoms with van der Waals surface area (Å²) in [5.41, 5.74) is 2.59. The molecule has 0 saturated carbocycles. The molecule has 0 amide bonds. The van der Waals surface area contributed by atoms with Crippen LogP contribution >= 0.6 is 11.6 Å². The van der Waals surface area contributed by atoms with Gasteiger partial charge in [-0.1, -0.05) is 18.2 Å². The lowest BCUT2D eigenvalue weighted by Gasteiger charge is -2.12. The van der Waals surface area contributed by atoms with Gasteiger partial charge < -0.3 is 10.1 Å². The Bertz CT molecular complexity index is 925. The molecule has 0 atom stereocenters. The highest BCUT2D eigenvalue weighted by Gasteiger charge is 2.10. The first-order chi connectivity index (χ1) is 12.5. The fraction of sp³-hybridized carbons (Fsp3) is 0.263. The van der Waals surface area contributed by atoms with E-state index < -0.39 is 0 Å². The Morgan fingerprint density at radius 1 is 1.38 bits per heavy atom. The van der Waals surface area contributed by atoms with Crippen LogP contribution in [0.5, 0.6) is 5.88 Å². The lowest BCUT2D eigenvalue weighted by atomic mass is 10.1. The number of fused-ring (bicyclic) bond motifs is 1. The molecule has 5 nitrogen and oxygen atoms in total. The van der Waals surface area contributed by atoms with Crippen LogP contribution in [-0.4, -0.2) is 27.9 Å². The van der Waals surface area contributed by atoms with Crippen molar-refractivity contribution in [2.24, 2.45) is 7.05 Å². The number of pyridine rings is 1. The highest BCUT2D eigenvalue weighted by atomic mass is 35.5. The van der Waals surface area contributed by atoms with E-state index in [-0.39, 0.29) is 12.4 Å². The second-order valence-corrected chi connectivity index (χ2v) is 6.58. The quantitative estimate of drug-likeness (QED) is 0.612. The van der Waals surface area contributed by atoms with Gasteiger partial charge in [0, 0.05) is 41.8 Å². The number of ether oxygens (including phenoxy) is 1. The molecule has 136 valence electrons. The standard InChI is InChI=1S/C19H20ClFN4O/c1-13(20)12-26-19-16(7-15-3-4-17(21)8-18(15)24-19)10-22-6-5-14-9-23-25(2)11-14/h3-4,7-9,11,22H,1,5-6,10,12H2,2H3. The summed E-state index contributed by atoms with van der Waals surface area (Å²) in [4.78, 5) is 4.43. The van der Waals surface area contributed by atoms with E-state index >= 15 is 0 Å². The van der Waals surface area contributed by atoms with Gasteiger partial charge in [-0.25, -0.2) is 9.37 Å². The smallest absolute Gasteiger partial charge is 0.218 e. The number of halogens is 2. The maximum Gasteiger partial charge on any atom is 0.218 e. The van der Waals surface area contributed by atoms with E-state index in [9.17, 15) is 4.39 Å². The van der Waals surface area contributed by atoms with Crippen LogP contribution in [0.4, 0.5) is 4.39 Å². The van der Waals surface area contributed by atoms with Crippen LogP contribution < -0.4 is 10.1 Å². The van der Waals surface area contributed by atoms with Gasteiger partial charge in [0.25, 0.3) is 0 Å². The van der Waals surface area contributed by atoms with Crippen LogP contribution in [-0.2, 0) is 20.0 Å². The van der Waals surface area contributed by atoms with Gasteiger partial charge in [-0.3, -0.25) is 4.68 Å². The number of hydrogen-bond acceptors (Lipinski definition) is 4. The molecule has 0 saturated heterocycles. The number of benzene rings is 1. The van der Waals surface area contributed by atoms with E-state index in [1.165, 1.54) is 17.7 Å². The normalized spacial score (nSPS) is 11.0. The van der Waals surface area contributed by atoms with Crippen LogP contribution in [0.2, 0.25) is 0 Å². The Hall–Kier alpha value is -2.44. The van der Waals surface area contributed by atoms with Crippen LogP contribution in [0, 0.1) is 5.82 Å². The third-order valence-electron chi connectivity index (χ3n) is 3.85. The van der Waals surface area contributed by atoms with Crippen molar-refractivity contribution in [3.63, 3.8) is 0 Å². The summed E-state index contributed by atoms with van der Waals surface area (Å²) in [6.45, 7) is 5.13. The lowest BCUT2D eigenvalue weighted by Crippen LogP contribution is -2.17. The number of aromatic nitrogens is 3. The maximum atomic E-state index is 13.5. The van der Waals surface area contributed by atoms with E-state index in [1.54, 1.807) is 10.7 Å². The van der Waals surface area contributed by atoms with Crippen LogP contribution in [0.25, 0.3) is 10.9 Å². The summed E-state index contributed by atoms with van der Waals surface area (Å²) in [5, 5.41) is 8.76. The second kappa shape index (κ2) is 8.29. The lowest BCUT2D eigenvalue weighted by molar-refractivity contribution is 0.341. The molecule has 0 aliphatic heterocycles. The average molecular weight is 375 g/mol. The van der Waals surface area contributed by atoms with Gasteiger partial charge in [-0.15, -0.1) is 0 Å². The molecule has 0 unspecified atom stereocenters. The summed E-state index contributed by atoms with van der Waals surface area (Å²) < 4.78 is 20.9. The second-order valence-electron chi connectivity index (χ2n) is 6.04. The summed E-state index contributed by atoms with van der Waals surface area (Å²) in [6, 6.07) is 6.47. The van der Waals surface area contributed by atoms with Crippen molar-refractivity contribution < 1.29 is 9.13 Å². The molecule has 1 aromatic carbocycles. The molecule has 0 bridgehead atoms. The Morgan fingerprint density at radius 3 is 2.96 bits per heavy atom. The molecule has 7 heteroatoms. The zero-order valence-electron chi connectivity index (χ0n) is 14.5. The largest absolute Gasteiger partial charge is 0.472 e. The molecular weight excluding hydrogens is 355 g/mol. The summed E-state index contributed by atoms with van der Waals surface area (Å²) in [5.74, 6) is 0.0961. The Labute approximate surface area is 156 Å². The van der Waals surface area contributed by atoms with Crippen molar-refractivity contribution in [2.45, 2.75) is 13.0 Å². The molecule has 1 N–H and O–H groups in total. The summed E-state index contributed by atoms with van der Waals surface area (Å²) in [7, 11) is 1.90. The molecular formula is C19H20ClFN4O. The minimum absolute atomic E-state index is 0.151. The van der Waals surface area contributed by atoms with E-state index in [2.05, 4.69) is 22.0 Å². The van der Waals surface area contributed by atoms with Gasteiger partial charge in [0.1, 0.15) is 12.4 Å². The maximum absolute atomic E-state index is 13.5. The molecule has 0 aliphatic rings. The Balaban J connectivity index is 1.72. The van der Waals surface area contributed by atoms with Crippen molar-refractivity contribution in [1.29, 1.82) is 0 Å². The van der Waals surface area contributed by atoms with Gasteiger partial charge in [-0.2, -0.15) is 5.10 Å². The summed E-state index contributed by atoms with van der Waals surface area (Å²) in [6.07, 6.45) is 4.72. The molecule has 0 fully saturated rings. The highest BCUT2D eigenvalue weighted by molar-refractivity contribution is 6.29. The minimum atomic E-state index is -0.333. The third kappa shape index (κ3) is 4.80. The first-order valence-electron chi connectivity index (χ1n) is 8.25. The number of hydrogen-bond donors (Lipinski definition) is 1. The van der Waals surface area contributed by atoms with Crippen molar-refractivity contribution in [3.05, 3.63) is 65.2 Å². The number of nitrogens with one attached hydrogen (secondary N) is 1. The number of rotatable bonds is 8. The molecule has 3 aromatic rings. The molecule has 3 rings (SSSR count). The van der Waals surface area contributed by atoms with Crippen molar-refractivity contribution in [2.75, 3.05) is 13.2 Å². The molecule has 26 heavy (non-hydrogen) atoms.